The van der Waals surface area contributed by atoms with Gasteiger partial charge in [0.15, 0.2) is 11.5 Å². The summed E-state index contributed by atoms with van der Waals surface area (Å²) in [6, 6.07) is 17.8. The van der Waals surface area contributed by atoms with Crippen LogP contribution in [0.2, 0.25) is 0 Å². The fraction of sp³-hybridized carbons (Fsp3) is 0.382. The zero-order valence-electron chi connectivity index (χ0n) is 25.0. The number of halogens is 3. The van der Waals surface area contributed by atoms with E-state index in [0.29, 0.717) is 16.3 Å². The smallest absolute Gasteiger partial charge is 0.434 e. The van der Waals surface area contributed by atoms with Gasteiger partial charge in [0.1, 0.15) is 5.56 Å². The Morgan fingerprint density at radius 2 is 1.86 bits per heavy atom. The van der Waals surface area contributed by atoms with Crippen LogP contribution in [0.1, 0.15) is 70.9 Å². The van der Waals surface area contributed by atoms with E-state index in [4.69, 9.17) is 4.74 Å². The van der Waals surface area contributed by atoms with E-state index in [1.807, 2.05) is 12.1 Å². The number of para-hydroxylation sites is 1. The number of aromatic nitrogens is 3. The van der Waals surface area contributed by atoms with Crippen molar-refractivity contribution in [3.63, 3.8) is 0 Å². The SMILES string of the molecule is CCOC(=O)c1cnn(-c2cccc(-c3cccc4c3N(Cc3ccc(C5CCNCC5)c(CC)c3)CC4)n2)c1C(F)(F)F. The molecule has 2 aromatic heterocycles. The molecule has 1 fully saturated rings. The van der Waals surface area contributed by atoms with E-state index >= 15 is 0 Å². The van der Waals surface area contributed by atoms with Crippen LogP contribution >= 0.6 is 0 Å². The van der Waals surface area contributed by atoms with Gasteiger partial charge in [-0.05, 0) is 86.0 Å². The molecule has 0 atom stereocenters. The summed E-state index contributed by atoms with van der Waals surface area (Å²) in [5.41, 5.74) is 5.84. The third-order valence-electron chi connectivity index (χ3n) is 8.59. The molecule has 0 saturated carbocycles. The highest BCUT2D eigenvalue weighted by atomic mass is 19.4. The average Bonchev–Trinajstić information content (AvgIpc) is 3.67. The molecule has 0 radical (unpaired) electrons. The van der Waals surface area contributed by atoms with Crippen molar-refractivity contribution in [1.29, 1.82) is 0 Å². The Morgan fingerprint density at radius 1 is 1.07 bits per heavy atom. The molecule has 1 N–H and O–H groups in total. The molecule has 230 valence electrons. The number of fused-ring (bicyclic) bond motifs is 1. The molecule has 0 bridgehead atoms. The number of nitrogens with zero attached hydrogens (tertiary/aromatic N) is 4. The van der Waals surface area contributed by atoms with Crippen molar-refractivity contribution in [3.8, 4) is 17.1 Å². The quantitative estimate of drug-likeness (QED) is 0.226. The number of esters is 1. The third kappa shape index (κ3) is 5.83. The number of carbonyl (C=O) groups is 1. The minimum absolute atomic E-state index is 0.0337. The number of ether oxygens (including phenoxy) is 1. The number of hydrogen-bond donors (Lipinski definition) is 1. The fourth-order valence-electron chi connectivity index (χ4n) is 6.56. The van der Waals surface area contributed by atoms with E-state index < -0.39 is 23.4 Å². The van der Waals surface area contributed by atoms with E-state index in [1.54, 1.807) is 12.1 Å². The third-order valence-corrected chi connectivity index (χ3v) is 8.59. The summed E-state index contributed by atoms with van der Waals surface area (Å²) in [7, 11) is 0. The fourth-order valence-corrected chi connectivity index (χ4v) is 6.56. The van der Waals surface area contributed by atoms with Crippen LogP contribution in [0, 0.1) is 0 Å². The molecule has 6 rings (SSSR count). The Labute approximate surface area is 255 Å². The maximum absolute atomic E-state index is 14.2. The first-order valence-corrected chi connectivity index (χ1v) is 15.3. The molecular weight excluding hydrogens is 567 g/mol. The first-order chi connectivity index (χ1) is 21.3. The highest BCUT2D eigenvalue weighted by molar-refractivity contribution is 5.91. The molecule has 10 heteroatoms. The molecule has 0 spiro atoms. The maximum atomic E-state index is 14.2. The van der Waals surface area contributed by atoms with Gasteiger partial charge < -0.3 is 15.0 Å². The van der Waals surface area contributed by atoms with Gasteiger partial charge in [-0.25, -0.2) is 14.5 Å². The Bertz CT molecular complexity index is 1660. The number of piperidine rings is 1. The van der Waals surface area contributed by atoms with Crippen molar-refractivity contribution < 1.29 is 22.7 Å². The number of nitrogens with one attached hydrogen (secondary N) is 1. The summed E-state index contributed by atoms with van der Waals surface area (Å²) in [4.78, 5) is 19.3. The van der Waals surface area contributed by atoms with Crippen LogP contribution in [-0.2, 0) is 30.3 Å². The number of alkyl halides is 3. The summed E-state index contributed by atoms with van der Waals surface area (Å²) in [6.45, 7) is 7.38. The molecule has 0 unspecified atom stereocenters. The Balaban J connectivity index is 1.33. The minimum Gasteiger partial charge on any atom is -0.462 e. The number of carbonyl (C=O) groups excluding carboxylic acids is 1. The van der Waals surface area contributed by atoms with Gasteiger partial charge in [-0.3, -0.25) is 0 Å². The summed E-state index contributed by atoms with van der Waals surface area (Å²) >= 11 is 0. The van der Waals surface area contributed by atoms with Gasteiger partial charge in [-0.2, -0.15) is 18.3 Å². The predicted molar refractivity (Wildman–Crippen MR) is 163 cm³/mol. The highest BCUT2D eigenvalue weighted by Gasteiger charge is 2.41. The highest BCUT2D eigenvalue weighted by Crippen LogP contribution is 2.40. The van der Waals surface area contributed by atoms with Crippen molar-refractivity contribution in [2.24, 2.45) is 0 Å². The van der Waals surface area contributed by atoms with Crippen molar-refractivity contribution in [2.45, 2.75) is 58.2 Å². The molecule has 1 saturated heterocycles. The summed E-state index contributed by atoms with van der Waals surface area (Å²) in [5.74, 6) is -0.513. The van der Waals surface area contributed by atoms with Crippen LogP contribution in [0.5, 0.6) is 0 Å². The predicted octanol–water partition coefficient (Wildman–Crippen LogP) is 6.72. The number of aryl methyl sites for hydroxylation is 1. The van der Waals surface area contributed by atoms with Crippen LogP contribution in [0.15, 0.2) is 60.8 Å². The van der Waals surface area contributed by atoms with Crippen LogP contribution < -0.4 is 10.2 Å². The van der Waals surface area contributed by atoms with Gasteiger partial charge in [0.2, 0.25) is 0 Å². The monoisotopic (exact) mass is 603 g/mol. The first kappa shape index (κ1) is 29.9. The lowest BCUT2D eigenvalue weighted by molar-refractivity contribution is -0.143. The minimum atomic E-state index is -4.85. The van der Waals surface area contributed by atoms with Gasteiger partial charge in [-0.1, -0.05) is 49.4 Å². The van der Waals surface area contributed by atoms with Crippen LogP contribution in [0.3, 0.4) is 0 Å². The number of benzene rings is 2. The first-order valence-electron chi connectivity index (χ1n) is 15.3. The summed E-state index contributed by atoms with van der Waals surface area (Å²) in [5, 5.41) is 7.37. The second-order valence-corrected chi connectivity index (χ2v) is 11.3. The molecular formula is C34H36F3N5O2. The maximum Gasteiger partial charge on any atom is 0.434 e. The molecule has 44 heavy (non-hydrogen) atoms. The molecule has 2 aliphatic heterocycles. The number of rotatable bonds is 8. The van der Waals surface area contributed by atoms with Crippen LogP contribution in [0.25, 0.3) is 17.1 Å². The van der Waals surface area contributed by atoms with E-state index in [1.165, 1.54) is 35.2 Å². The lowest BCUT2D eigenvalue weighted by Crippen LogP contribution is -2.27. The van der Waals surface area contributed by atoms with Gasteiger partial charge in [0.05, 0.1) is 18.5 Å². The lowest BCUT2D eigenvalue weighted by Gasteiger charge is -2.26. The topological polar surface area (TPSA) is 72.3 Å². The normalized spacial score (nSPS) is 15.4. The zero-order valence-corrected chi connectivity index (χ0v) is 25.0. The number of pyridine rings is 1. The van der Waals surface area contributed by atoms with Crippen LogP contribution in [-0.4, -0.2) is 47.0 Å². The molecule has 4 heterocycles. The van der Waals surface area contributed by atoms with Gasteiger partial charge in [0.25, 0.3) is 0 Å². The van der Waals surface area contributed by atoms with Crippen molar-refractivity contribution in [2.75, 3.05) is 31.1 Å². The second kappa shape index (κ2) is 12.4. The van der Waals surface area contributed by atoms with Crippen molar-refractivity contribution >= 4 is 11.7 Å². The molecule has 7 nitrogen and oxygen atoms in total. The van der Waals surface area contributed by atoms with E-state index in [2.05, 4.69) is 51.5 Å². The zero-order chi connectivity index (χ0) is 30.8. The molecule has 0 amide bonds. The van der Waals surface area contributed by atoms with E-state index in [0.717, 1.165) is 69.3 Å². The molecule has 2 aliphatic rings. The Morgan fingerprint density at radius 3 is 2.61 bits per heavy atom. The van der Waals surface area contributed by atoms with E-state index in [-0.39, 0.29) is 12.4 Å². The van der Waals surface area contributed by atoms with Crippen molar-refractivity contribution in [3.05, 3.63) is 94.3 Å². The molecule has 2 aromatic carbocycles. The average molecular weight is 604 g/mol. The number of hydrogen-bond acceptors (Lipinski definition) is 6. The van der Waals surface area contributed by atoms with Crippen LogP contribution in [0.4, 0.5) is 18.9 Å². The molecule has 0 aliphatic carbocycles. The van der Waals surface area contributed by atoms with Gasteiger partial charge in [-0.15, -0.1) is 0 Å². The molecule has 4 aromatic rings. The van der Waals surface area contributed by atoms with Gasteiger partial charge in [0, 0.05) is 24.3 Å². The van der Waals surface area contributed by atoms with E-state index in [9.17, 15) is 18.0 Å². The summed E-state index contributed by atoms with van der Waals surface area (Å²) in [6.07, 6.45) is 0.219. The largest absolute Gasteiger partial charge is 0.462 e. The Kier molecular flexibility index (Phi) is 8.44. The Hall–Kier alpha value is -4.18. The number of anilines is 1. The van der Waals surface area contributed by atoms with Gasteiger partial charge >= 0.3 is 12.1 Å². The lowest BCUT2D eigenvalue weighted by atomic mass is 9.85. The second-order valence-electron chi connectivity index (χ2n) is 11.3. The summed E-state index contributed by atoms with van der Waals surface area (Å²) < 4.78 is 48.0. The standard InChI is InChI=1S/C34H36F3N5O2/c1-3-23-19-22(11-12-26(23)24-13-16-38-17-14-24)21-41-18-15-25-7-5-8-27(31(25)41)29-9-6-10-30(40-29)42-32(34(35,36)37)28(20-39-42)33(43)44-4-2/h5-12,19-20,24,38H,3-4,13-18,21H2,1-2H3. The van der Waals surface area contributed by atoms with Crippen molar-refractivity contribution in [1.82, 2.24) is 20.1 Å².